The molecule has 0 saturated carbocycles. The Morgan fingerprint density at radius 1 is 0.865 bits per heavy atom. The molecule has 0 unspecified atom stereocenters. The lowest BCUT2D eigenvalue weighted by Gasteiger charge is -2.11. The second-order valence-corrected chi connectivity index (χ2v) is 10.3. The van der Waals surface area contributed by atoms with Gasteiger partial charge in [-0.25, -0.2) is 0 Å². The van der Waals surface area contributed by atoms with Gasteiger partial charge in [0.05, 0.1) is 16.3 Å². The van der Waals surface area contributed by atoms with E-state index in [-0.39, 0.29) is 21.6 Å². The zero-order valence-corrected chi connectivity index (χ0v) is 21.3. The molecule has 0 aliphatic carbocycles. The van der Waals surface area contributed by atoms with Crippen LogP contribution < -0.4 is 9.19 Å². The van der Waals surface area contributed by atoms with Gasteiger partial charge < -0.3 is 4.18 Å². The lowest BCUT2D eigenvalue weighted by molar-refractivity contribution is -0.114. The van der Waals surface area contributed by atoms with Crippen LogP contribution in [0, 0.1) is 6.92 Å². The van der Waals surface area contributed by atoms with Crippen LogP contribution in [-0.4, -0.2) is 20.0 Å². The van der Waals surface area contributed by atoms with Gasteiger partial charge in [0.15, 0.2) is 5.75 Å². The van der Waals surface area contributed by atoms with Crippen molar-refractivity contribution in [3.63, 3.8) is 0 Å². The maximum atomic E-state index is 13.4. The molecule has 1 aliphatic heterocycles. The van der Waals surface area contributed by atoms with Gasteiger partial charge in [0.1, 0.15) is 10.6 Å². The molecule has 1 heterocycles. The van der Waals surface area contributed by atoms with Gasteiger partial charge in [-0.3, -0.25) is 4.79 Å². The lowest BCUT2D eigenvalue weighted by atomic mass is 10.0. The summed E-state index contributed by atoms with van der Waals surface area (Å²) < 4.78 is 30.7. The fraction of sp³-hybridized carbons (Fsp3) is 0.0345. The number of nitrogens with zero attached hydrogens (tertiary/aromatic N) is 2. The molecule has 8 heteroatoms. The van der Waals surface area contributed by atoms with Gasteiger partial charge >= 0.3 is 10.1 Å². The zero-order valence-electron chi connectivity index (χ0n) is 19.7. The van der Waals surface area contributed by atoms with Gasteiger partial charge in [-0.05, 0) is 55.0 Å². The first-order chi connectivity index (χ1) is 17.8. The number of rotatable bonds is 6. The molecule has 0 spiro atoms. The average molecular weight is 529 g/mol. The minimum absolute atomic E-state index is 0.00926. The Hall–Kier alpha value is -4.20. The van der Waals surface area contributed by atoms with Crippen LogP contribution in [0.15, 0.2) is 119 Å². The molecule has 0 radical (unpaired) electrons. The van der Waals surface area contributed by atoms with Crippen LogP contribution in [-0.2, 0) is 14.9 Å². The molecule has 0 saturated heterocycles. The van der Waals surface area contributed by atoms with E-state index in [0.717, 1.165) is 11.1 Å². The van der Waals surface area contributed by atoms with E-state index in [1.807, 2.05) is 67.6 Å². The number of carbonyl (C=O) groups excluding carboxylic acids is 1. The normalized spacial score (nSPS) is 14.6. The summed E-state index contributed by atoms with van der Waals surface area (Å²) in [6.07, 6.45) is 1.68. The van der Waals surface area contributed by atoms with Crippen LogP contribution in [0.1, 0.15) is 16.7 Å². The third kappa shape index (κ3) is 5.18. The highest BCUT2D eigenvalue weighted by molar-refractivity contribution is 7.87. The predicted octanol–water partition coefficient (Wildman–Crippen LogP) is 6.25. The highest BCUT2D eigenvalue weighted by Gasteiger charge is 2.32. The largest absolute Gasteiger partial charge is 0.377 e. The predicted molar refractivity (Wildman–Crippen MR) is 145 cm³/mol. The maximum Gasteiger partial charge on any atom is 0.339 e. The molecule has 0 N–H and O–H groups in total. The Balaban J connectivity index is 1.48. The van der Waals surface area contributed by atoms with Crippen molar-refractivity contribution in [1.82, 2.24) is 0 Å². The number of benzene rings is 4. The monoisotopic (exact) mass is 528 g/mol. The van der Waals surface area contributed by atoms with Crippen LogP contribution in [0.2, 0.25) is 5.02 Å². The van der Waals surface area contributed by atoms with Crippen molar-refractivity contribution in [2.45, 2.75) is 11.8 Å². The number of halogens is 1. The van der Waals surface area contributed by atoms with Gasteiger partial charge in [-0.15, -0.1) is 0 Å². The van der Waals surface area contributed by atoms with Crippen molar-refractivity contribution >= 4 is 45.1 Å². The van der Waals surface area contributed by atoms with Crippen molar-refractivity contribution in [3.05, 3.63) is 130 Å². The zero-order chi connectivity index (χ0) is 26.0. The maximum absolute atomic E-state index is 13.4. The average Bonchev–Trinajstić information content (AvgIpc) is 3.22. The van der Waals surface area contributed by atoms with Crippen molar-refractivity contribution in [3.8, 4) is 5.75 Å². The highest BCUT2D eigenvalue weighted by atomic mass is 35.5. The molecule has 1 amide bonds. The lowest BCUT2D eigenvalue weighted by Crippen LogP contribution is -2.21. The number of anilines is 1. The number of hydrogen-bond donors (Lipinski definition) is 0. The summed E-state index contributed by atoms with van der Waals surface area (Å²) in [6.45, 7) is 1.86. The van der Waals surface area contributed by atoms with Gasteiger partial charge in [0, 0.05) is 5.56 Å². The molecule has 6 nitrogen and oxygen atoms in total. The third-order valence-corrected chi connectivity index (χ3v) is 7.25. The highest BCUT2D eigenvalue weighted by Crippen LogP contribution is 2.32. The Kier molecular flexibility index (Phi) is 6.65. The molecule has 4 aromatic rings. The summed E-state index contributed by atoms with van der Waals surface area (Å²) in [7, 11) is -4.06. The molecule has 1 aliphatic rings. The van der Waals surface area contributed by atoms with E-state index in [2.05, 4.69) is 5.10 Å². The summed E-state index contributed by atoms with van der Waals surface area (Å²) in [6, 6.07) is 29.6. The summed E-state index contributed by atoms with van der Waals surface area (Å²) in [5, 5.41) is 6.06. The smallest absolute Gasteiger partial charge is 0.339 e. The number of para-hydroxylation sites is 1. The minimum atomic E-state index is -4.06. The van der Waals surface area contributed by atoms with Crippen LogP contribution >= 0.6 is 11.6 Å². The van der Waals surface area contributed by atoms with Crippen LogP contribution in [0.3, 0.4) is 0 Å². The van der Waals surface area contributed by atoms with Crippen LogP contribution in [0.5, 0.6) is 5.75 Å². The fourth-order valence-corrected chi connectivity index (χ4v) is 5.03. The molecule has 184 valence electrons. The second kappa shape index (κ2) is 10.0. The minimum Gasteiger partial charge on any atom is -0.377 e. The van der Waals surface area contributed by atoms with E-state index in [4.69, 9.17) is 15.8 Å². The Labute approximate surface area is 220 Å². The Morgan fingerprint density at radius 3 is 2.16 bits per heavy atom. The van der Waals surface area contributed by atoms with E-state index >= 15 is 0 Å². The Bertz CT molecular complexity index is 1630. The summed E-state index contributed by atoms with van der Waals surface area (Å²) in [5.41, 5.74) is 3.86. The van der Waals surface area contributed by atoms with E-state index in [9.17, 15) is 13.2 Å². The fourth-order valence-electron chi connectivity index (χ4n) is 3.81. The standard InChI is InChI=1S/C29H21ClN2O4S/c1-20-12-15-24(16-13-20)37(34,35)36-27-17-14-21(19-26(27)30)18-25-28(22-8-4-2-5-9-22)31-32(29(25)33)23-10-6-3-7-11-23/h2-19H,1H3/b25-18-. The van der Waals surface area contributed by atoms with Crippen LogP contribution in [0.25, 0.3) is 6.08 Å². The molecular formula is C29H21ClN2O4S. The first-order valence-corrected chi connectivity index (χ1v) is 13.2. The van der Waals surface area contributed by atoms with E-state index < -0.39 is 10.1 Å². The van der Waals surface area contributed by atoms with Gasteiger partial charge in [0.2, 0.25) is 0 Å². The number of amides is 1. The first kappa shape index (κ1) is 24.5. The molecule has 4 aromatic carbocycles. The van der Waals surface area contributed by atoms with E-state index in [1.54, 1.807) is 30.3 Å². The summed E-state index contributed by atoms with van der Waals surface area (Å²) >= 11 is 6.40. The summed E-state index contributed by atoms with van der Waals surface area (Å²) in [4.78, 5) is 13.4. The van der Waals surface area contributed by atoms with Crippen molar-refractivity contribution in [2.75, 3.05) is 5.01 Å². The Morgan fingerprint density at radius 2 is 1.51 bits per heavy atom. The quantitative estimate of drug-likeness (QED) is 0.219. The molecule has 0 aromatic heterocycles. The van der Waals surface area contributed by atoms with Crippen LogP contribution in [0.4, 0.5) is 5.69 Å². The van der Waals surface area contributed by atoms with Crippen molar-refractivity contribution < 1.29 is 17.4 Å². The number of hydrazone groups is 1. The summed E-state index contributed by atoms with van der Waals surface area (Å²) in [5.74, 6) is -0.298. The third-order valence-electron chi connectivity index (χ3n) is 5.70. The first-order valence-electron chi connectivity index (χ1n) is 11.4. The molecule has 37 heavy (non-hydrogen) atoms. The molecule has 0 bridgehead atoms. The molecule has 5 rings (SSSR count). The number of hydrogen-bond acceptors (Lipinski definition) is 5. The number of aryl methyl sites for hydroxylation is 1. The number of carbonyl (C=O) groups is 1. The topological polar surface area (TPSA) is 76.0 Å². The van der Waals surface area contributed by atoms with Crippen molar-refractivity contribution in [2.24, 2.45) is 5.10 Å². The van der Waals surface area contributed by atoms with Gasteiger partial charge in [-0.2, -0.15) is 18.5 Å². The van der Waals surface area contributed by atoms with E-state index in [1.165, 1.54) is 23.2 Å². The molecular weight excluding hydrogens is 508 g/mol. The van der Waals surface area contributed by atoms with E-state index in [0.29, 0.717) is 22.5 Å². The molecule has 0 fully saturated rings. The molecule has 0 atom stereocenters. The van der Waals surface area contributed by atoms with Gasteiger partial charge in [-0.1, -0.05) is 83.9 Å². The van der Waals surface area contributed by atoms with Gasteiger partial charge in [0.25, 0.3) is 5.91 Å². The van der Waals surface area contributed by atoms with Crippen molar-refractivity contribution in [1.29, 1.82) is 0 Å². The second-order valence-electron chi connectivity index (χ2n) is 8.37. The SMILES string of the molecule is Cc1ccc(S(=O)(=O)Oc2ccc(/C=C3\C(=O)N(c4ccccc4)N=C3c3ccccc3)cc2Cl)cc1.